The summed E-state index contributed by atoms with van der Waals surface area (Å²) < 4.78 is 49.8. The van der Waals surface area contributed by atoms with Crippen molar-refractivity contribution in [2.24, 2.45) is 5.73 Å². The van der Waals surface area contributed by atoms with Crippen LogP contribution in [0.3, 0.4) is 0 Å². The fourth-order valence-corrected chi connectivity index (χ4v) is 1.65. The van der Waals surface area contributed by atoms with Gasteiger partial charge in [-0.05, 0) is 36.6 Å². The summed E-state index contributed by atoms with van der Waals surface area (Å²) in [4.78, 5) is 0. The molecule has 0 fully saturated rings. The first-order valence-electron chi connectivity index (χ1n) is 4.57. The summed E-state index contributed by atoms with van der Waals surface area (Å²) in [5.74, 6) is -0.473. The highest BCUT2D eigenvalue weighted by Crippen LogP contribution is 2.24. The van der Waals surface area contributed by atoms with E-state index in [1.807, 2.05) is 0 Å². The number of alkyl halides is 3. The third-order valence-electron chi connectivity index (χ3n) is 2.15. The molecule has 1 unspecified atom stereocenters. The Hall–Kier alpha value is -0.620. The second kappa shape index (κ2) is 5.14. The van der Waals surface area contributed by atoms with Crippen LogP contribution in [0.2, 0.25) is 0 Å². The lowest BCUT2D eigenvalue weighted by Gasteiger charge is -2.15. The van der Waals surface area contributed by atoms with Crippen LogP contribution in [0, 0.1) is 5.82 Å². The monoisotopic (exact) mass is 299 g/mol. The number of halogens is 5. The highest BCUT2D eigenvalue weighted by molar-refractivity contribution is 9.10. The first kappa shape index (κ1) is 13.4. The summed E-state index contributed by atoms with van der Waals surface area (Å²) in [5.41, 5.74) is 5.44. The number of nitrogens with two attached hydrogens (primary N) is 1. The molecule has 1 atom stereocenters. The van der Waals surface area contributed by atoms with Crippen LogP contribution in [0.5, 0.6) is 0 Å². The molecule has 0 saturated heterocycles. The minimum absolute atomic E-state index is 0.0824. The lowest BCUT2D eigenvalue weighted by molar-refractivity contribution is -0.148. The normalized spacial score (nSPS) is 13.9. The molecule has 0 spiro atoms. The lowest BCUT2D eigenvalue weighted by Crippen LogP contribution is -2.37. The SMILES string of the molecule is NC(CCc1cc(F)ccc1Br)C(F)(F)F. The second-order valence-electron chi connectivity index (χ2n) is 3.42. The standard InChI is InChI=1S/C10H10BrF4N/c11-8-3-2-7(12)5-6(8)1-4-9(16)10(13,14)15/h2-3,5,9H,1,4,16H2. The summed E-state index contributed by atoms with van der Waals surface area (Å²) >= 11 is 3.14. The van der Waals surface area contributed by atoms with Crippen LogP contribution in [0.1, 0.15) is 12.0 Å². The van der Waals surface area contributed by atoms with Gasteiger partial charge in [-0.15, -0.1) is 0 Å². The smallest absolute Gasteiger partial charge is 0.320 e. The van der Waals surface area contributed by atoms with Gasteiger partial charge in [-0.3, -0.25) is 0 Å². The maximum absolute atomic E-state index is 12.8. The summed E-state index contributed by atoms with van der Waals surface area (Å²) in [6.45, 7) is 0. The quantitative estimate of drug-likeness (QED) is 0.851. The molecule has 0 aliphatic carbocycles. The third-order valence-corrected chi connectivity index (χ3v) is 2.93. The Labute approximate surface area is 98.8 Å². The van der Waals surface area contributed by atoms with Gasteiger partial charge in [0.1, 0.15) is 11.9 Å². The molecular weight excluding hydrogens is 290 g/mol. The average molecular weight is 300 g/mol. The van der Waals surface area contributed by atoms with Gasteiger partial charge in [0.05, 0.1) is 0 Å². The average Bonchev–Trinajstić information content (AvgIpc) is 2.17. The highest BCUT2D eigenvalue weighted by atomic mass is 79.9. The minimum Gasteiger partial charge on any atom is -0.320 e. The first-order chi connectivity index (χ1) is 7.30. The Kier molecular flexibility index (Phi) is 4.32. The molecule has 0 aromatic heterocycles. The molecule has 0 amide bonds. The van der Waals surface area contributed by atoms with E-state index in [0.29, 0.717) is 10.0 Å². The van der Waals surface area contributed by atoms with Gasteiger partial charge in [0.15, 0.2) is 0 Å². The van der Waals surface area contributed by atoms with E-state index in [2.05, 4.69) is 15.9 Å². The molecule has 6 heteroatoms. The maximum atomic E-state index is 12.8. The summed E-state index contributed by atoms with van der Waals surface area (Å²) in [6.07, 6.45) is -4.58. The van der Waals surface area contributed by atoms with E-state index in [1.54, 1.807) is 0 Å². The number of hydrogen-bond donors (Lipinski definition) is 1. The predicted molar refractivity (Wildman–Crippen MR) is 56.5 cm³/mol. The number of hydrogen-bond acceptors (Lipinski definition) is 1. The van der Waals surface area contributed by atoms with E-state index >= 15 is 0 Å². The molecule has 1 aromatic carbocycles. The number of benzene rings is 1. The largest absolute Gasteiger partial charge is 0.403 e. The molecule has 0 saturated carbocycles. The van der Waals surface area contributed by atoms with Crippen molar-refractivity contribution in [3.8, 4) is 0 Å². The van der Waals surface area contributed by atoms with Gasteiger partial charge >= 0.3 is 6.18 Å². The van der Waals surface area contributed by atoms with E-state index < -0.39 is 18.0 Å². The van der Waals surface area contributed by atoms with Gasteiger partial charge in [0, 0.05) is 4.47 Å². The Morgan fingerprint density at radius 1 is 1.31 bits per heavy atom. The summed E-state index contributed by atoms with van der Waals surface area (Å²) in [6, 6.07) is 2.02. The fraction of sp³-hybridized carbons (Fsp3) is 0.400. The molecule has 0 radical (unpaired) electrons. The molecule has 0 heterocycles. The van der Waals surface area contributed by atoms with Crippen molar-refractivity contribution in [3.63, 3.8) is 0 Å². The van der Waals surface area contributed by atoms with Gasteiger partial charge in [0.2, 0.25) is 0 Å². The molecule has 1 rings (SSSR count). The van der Waals surface area contributed by atoms with Crippen molar-refractivity contribution in [2.45, 2.75) is 25.1 Å². The first-order valence-corrected chi connectivity index (χ1v) is 5.36. The lowest BCUT2D eigenvalue weighted by atomic mass is 10.1. The van der Waals surface area contributed by atoms with Crippen molar-refractivity contribution in [2.75, 3.05) is 0 Å². The van der Waals surface area contributed by atoms with Crippen LogP contribution >= 0.6 is 15.9 Å². The molecule has 90 valence electrons. The van der Waals surface area contributed by atoms with Crippen molar-refractivity contribution < 1.29 is 17.6 Å². The fourth-order valence-electron chi connectivity index (χ4n) is 1.21. The van der Waals surface area contributed by atoms with Crippen molar-refractivity contribution in [1.82, 2.24) is 0 Å². The van der Waals surface area contributed by atoms with Crippen LogP contribution < -0.4 is 5.73 Å². The topological polar surface area (TPSA) is 26.0 Å². The summed E-state index contributed by atoms with van der Waals surface area (Å²) in [5, 5.41) is 0. The summed E-state index contributed by atoms with van der Waals surface area (Å²) in [7, 11) is 0. The van der Waals surface area contributed by atoms with E-state index in [-0.39, 0.29) is 12.8 Å². The number of rotatable bonds is 3. The molecule has 0 aliphatic rings. The minimum atomic E-state index is -4.40. The second-order valence-corrected chi connectivity index (χ2v) is 4.28. The van der Waals surface area contributed by atoms with Gasteiger partial charge in [-0.1, -0.05) is 15.9 Å². The van der Waals surface area contributed by atoms with E-state index in [0.717, 1.165) is 0 Å². The van der Waals surface area contributed by atoms with Crippen molar-refractivity contribution in [3.05, 3.63) is 34.1 Å². The molecular formula is C10H10BrF4N. The molecule has 2 N–H and O–H groups in total. The van der Waals surface area contributed by atoms with Crippen LogP contribution in [0.15, 0.2) is 22.7 Å². The van der Waals surface area contributed by atoms with Gasteiger partial charge < -0.3 is 5.73 Å². The Balaban J connectivity index is 2.64. The zero-order valence-corrected chi connectivity index (χ0v) is 9.78. The van der Waals surface area contributed by atoms with Gasteiger partial charge in [-0.25, -0.2) is 4.39 Å². The third kappa shape index (κ3) is 3.75. The van der Waals surface area contributed by atoms with E-state index in [4.69, 9.17) is 5.73 Å². The maximum Gasteiger partial charge on any atom is 0.403 e. The van der Waals surface area contributed by atoms with E-state index in [1.165, 1.54) is 18.2 Å². The highest BCUT2D eigenvalue weighted by Gasteiger charge is 2.36. The molecule has 0 aliphatic heterocycles. The molecule has 1 nitrogen and oxygen atoms in total. The van der Waals surface area contributed by atoms with E-state index in [9.17, 15) is 17.6 Å². The van der Waals surface area contributed by atoms with Crippen LogP contribution in [-0.2, 0) is 6.42 Å². The number of aryl methyl sites for hydroxylation is 1. The van der Waals surface area contributed by atoms with Crippen molar-refractivity contribution in [1.29, 1.82) is 0 Å². The van der Waals surface area contributed by atoms with Crippen LogP contribution in [0.4, 0.5) is 17.6 Å². The Morgan fingerprint density at radius 3 is 2.50 bits per heavy atom. The zero-order valence-electron chi connectivity index (χ0n) is 8.19. The zero-order chi connectivity index (χ0) is 12.3. The molecule has 1 aromatic rings. The molecule has 16 heavy (non-hydrogen) atoms. The predicted octanol–water partition coefficient (Wildman–Crippen LogP) is 3.41. The van der Waals surface area contributed by atoms with Crippen molar-refractivity contribution >= 4 is 15.9 Å². The van der Waals surface area contributed by atoms with Gasteiger partial charge in [-0.2, -0.15) is 13.2 Å². The van der Waals surface area contributed by atoms with Gasteiger partial charge in [0.25, 0.3) is 0 Å². The van der Waals surface area contributed by atoms with Crippen LogP contribution in [-0.4, -0.2) is 12.2 Å². The Morgan fingerprint density at radius 2 is 1.94 bits per heavy atom. The molecule has 0 bridgehead atoms. The van der Waals surface area contributed by atoms with Crippen LogP contribution in [0.25, 0.3) is 0 Å². The Bertz CT molecular complexity index is 364.